The highest BCUT2D eigenvalue weighted by Gasteiger charge is 2.65. The van der Waals surface area contributed by atoms with Crippen molar-refractivity contribution >= 4 is 115 Å². The molecule has 320 valence electrons. The van der Waals surface area contributed by atoms with Crippen LogP contribution in [0.15, 0.2) is 102 Å². The van der Waals surface area contributed by atoms with Crippen LogP contribution in [0.5, 0.6) is 0 Å². The quantitative estimate of drug-likeness (QED) is 0.119. The molecule has 5 heterocycles. The predicted molar refractivity (Wildman–Crippen MR) is 253 cm³/mol. The minimum absolute atomic E-state index is 0.121. The highest BCUT2D eigenvalue weighted by molar-refractivity contribution is 14.1. The van der Waals surface area contributed by atoms with E-state index in [9.17, 15) is 19.2 Å². The third-order valence-electron chi connectivity index (χ3n) is 11.3. The monoisotopic (exact) mass is 1100 g/mol. The molecule has 62 heavy (non-hydrogen) atoms. The predicted octanol–water partition coefficient (Wildman–Crippen LogP) is 7.50. The number of hydrogen-bond donors (Lipinski definition) is 0. The summed E-state index contributed by atoms with van der Waals surface area (Å²) in [4.78, 5) is 58.6. The van der Waals surface area contributed by atoms with E-state index in [2.05, 4.69) is 55.2 Å². The SMILES string of the molecule is COC(=O)C1=NN(c2ccc(Cl)cc2)[C@@]2(N3CCOCC3)C(=O)N(c3ccc(I)cc3)CC[C@@H]12.COC(=O)c1nn(-c2ccc(Cl)cc2)c2c1CCN(c1ccc(I)cc1)C2=O. The first-order valence-electron chi connectivity index (χ1n) is 19.6. The van der Waals surface area contributed by atoms with Gasteiger partial charge in [-0.3, -0.25) is 14.5 Å². The fourth-order valence-electron chi connectivity index (χ4n) is 8.37. The maximum Gasteiger partial charge on any atom is 0.358 e. The number of esters is 2. The third-order valence-corrected chi connectivity index (χ3v) is 13.2. The van der Waals surface area contributed by atoms with Gasteiger partial charge in [0.2, 0.25) is 5.66 Å². The number of amides is 2. The molecule has 4 aliphatic rings. The molecule has 0 saturated carbocycles. The van der Waals surface area contributed by atoms with Crippen LogP contribution in [0.25, 0.3) is 5.69 Å². The summed E-state index contributed by atoms with van der Waals surface area (Å²) in [5, 5.41) is 12.0. The molecule has 14 nitrogen and oxygen atoms in total. The lowest BCUT2D eigenvalue weighted by Crippen LogP contribution is -2.74. The summed E-state index contributed by atoms with van der Waals surface area (Å²) in [6.07, 6.45) is 1.07. The van der Waals surface area contributed by atoms with Crippen molar-refractivity contribution in [3.8, 4) is 5.69 Å². The number of methoxy groups -OCH3 is 2. The second-order valence-electron chi connectivity index (χ2n) is 14.6. The maximum atomic E-state index is 14.6. The topological polar surface area (TPSA) is 139 Å². The van der Waals surface area contributed by atoms with E-state index in [1.165, 1.54) is 18.9 Å². The normalized spacial score (nSPS) is 19.9. The third kappa shape index (κ3) is 8.20. The standard InChI is InChI=1S/C24H24ClIN4O4.C20H15ClIN3O3/c1-33-22(31)21-20-10-11-29(18-8-4-17(26)5-9-18)23(32)24(20,28-12-14-34-15-13-28)30(27-21)19-6-2-16(25)3-7-19;1-28-20(27)17-16-10-11-24(14-8-4-13(22)5-9-14)19(26)18(16)25(23-17)15-6-2-12(21)3-7-15/h2-9,20H,10-15H2,1H3;2-9H,10-11H2,1H3/t20-,24+;/m0./s1. The second kappa shape index (κ2) is 18.6. The molecule has 2 amide bonds. The van der Waals surface area contributed by atoms with E-state index >= 15 is 0 Å². The first kappa shape index (κ1) is 44.0. The van der Waals surface area contributed by atoms with Gasteiger partial charge in [-0.15, -0.1) is 0 Å². The van der Waals surface area contributed by atoms with E-state index in [1.807, 2.05) is 60.7 Å². The molecule has 1 aromatic heterocycles. The Hall–Kier alpha value is -4.60. The highest BCUT2D eigenvalue weighted by atomic mass is 127. The molecule has 2 atom stereocenters. The molecule has 0 aliphatic carbocycles. The number of rotatable bonds is 7. The minimum atomic E-state index is -1.22. The summed E-state index contributed by atoms with van der Waals surface area (Å²) in [7, 11) is 2.65. The number of halogens is 4. The van der Waals surface area contributed by atoms with Gasteiger partial charge in [0.05, 0.1) is 44.7 Å². The Morgan fingerprint density at radius 1 is 0.710 bits per heavy atom. The van der Waals surface area contributed by atoms with Gasteiger partial charge in [0.15, 0.2) is 11.4 Å². The molecule has 0 unspecified atom stereocenters. The fraction of sp³-hybridized carbons (Fsp3) is 0.273. The number of ether oxygens (including phenoxy) is 3. The molecule has 18 heteroatoms. The van der Waals surface area contributed by atoms with Crippen LogP contribution < -0.4 is 14.8 Å². The van der Waals surface area contributed by atoms with Crippen molar-refractivity contribution in [2.24, 2.45) is 11.0 Å². The van der Waals surface area contributed by atoms with Gasteiger partial charge < -0.3 is 24.0 Å². The van der Waals surface area contributed by atoms with Crippen LogP contribution in [0.3, 0.4) is 0 Å². The van der Waals surface area contributed by atoms with E-state index < -0.39 is 23.5 Å². The van der Waals surface area contributed by atoms with Gasteiger partial charge in [0.1, 0.15) is 5.69 Å². The number of hydrogen-bond acceptors (Lipinski definition) is 11. The molecule has 0 bridgehead atoms. The average molecular weight is 1100 g/mol. The van der Waals surface area contributed by atoms with E-state index in [0.29, 0.717) is 84.9 Å². The molecule has 9 rings (SSSR count). The Kier molecular flexibility index (Phi) is 13.2. The molecule has 5 aromatic rings. The molecule has 4 aromatic carbocycles. The molecule has 4 aliphatic heterocycles. The number of piperidine rings is 1. The van der Waals surface area contributed by atoms with Crippen molar-refractivity contribution in [2.45, 2.75) is 18.5 Å². The van der Waals surface area contributed by atoms with Crippen LogP contribution in [0.1, 0.15) is 33.0 Å². The first-order chi connectivity index (χ1) is 30.0. The second-order valence-corrected chi connectivity index (χ2v) is 18.0. The zero-order chi connectivity index (χ0) is 43.7. The molecule has 2 saturated heterocycles. The lowest BCUT2D eigenvalue weighted by Gasteiger charge is -2.53. The minimum Gasteiger partial charge on any atom is -0.464 e. The summed E-state index contributed by atoms with van der Waals surface area (Å²) < 4.78 is 19.3. The van der Waals surface area contributed by atoms with E-state index in [4.69, 9.17) is 42.5 Å². The molecule has 0 spiro atoms. The number of carbonyl (C=O) groups excluding carboxylic acids is 4. The van der Waals surface area contributed by atoms with Crippen molar-refractivity contribution in [3.63, 3.8) is 0 Å². The lowest BCUT2D eigenvalue weighted by molar-refractivity contribution is -0.139. The van der Waals surface area contributed by atoms with Gasteiger partial charge in [-0.1, -0.05) is 23.2 Å². The Morgan fingerprint density at radius 3 is 1.81 bits per heavy atom. The number of benzene rings is 4. The Bertz CT molecular complexity index is 2530. The van der Waals surface area contributed by atoms with Gasteiger partial charge >= 0.3 is 11.9 Å². The largest absolute Gasteiger partial charge is 0.464 e. The summed E-state index contributed by atoms with van der Waals surface area (Å²) in [5.74, 6) is -1.86. The number of anilines is 3. The summed E-state index contributed by atoms with van der Waals surface area (Å²) in [6.45, 7) is 3.00. The van der Waals surface area contributed by atoms with Gasteiger partial charge in [-0.05, 0) is 155 Å². The number of aromatic nitrogens is 2. The van der Waals surface area contributed by atoms with E-state index in [-0.39, 0.29) is 23.2 Å². The van der Waals surface area contributed by atoms with Crippen molar-refractivity contribution in [3.05, 3.63) is 131 Å². The maximum absolute atomic E-state index is 14.6. The highest BCUT2D eigenvalue weighted by Crippen LogP contribution is 2.47. The number of hydrazone groups is 1. The zero-order valence-electron chi connectivity index (χ0n) is 33.5. The van der Waals surface area contributed by atoms with Crippen LogP contribution in [0.2, 0.25) is 10.0 Å². The number of fused-ring (bicyclic) bond motifs is 2. The lowest BCUT2D eigenvalue weighted by atomic mass is 9.79. The van der Waals surface area contributed by atoms with Gasteiger partial charge in [0.25, 0.3) is 11.8 Å². The van der Waals surface area contributed by atoms with Crippen molar-refractivity contribution in [1.82, 2.24) is 14.7 Å². The number of carbonyl (C=O) groups is 4. The number of nitrogens with zero attached hydrogens (tertiary/aromatic N) is 7. The van der Waals surface area contributed by atoms with Gasteiger partial charge in [-0.2, -0.15) is 10.2 Å². The zero-order valence-corrected chi connectivity index (χ0v) is 39.3. The molecule has 2 fully saturated rings. The fourth-order valence-corrected chi connectivity index (χ4v) is 9.34. The van der Waals surface area contributed by atoms with Crippen LogP contribution in [-0.2, 0) is 30.2 Å². The Balaban J connectivity index is 0.000000174. The average Bonchev–Trinajstić information content (AvgIpc) is 3.87. The summed E-state index contributed by atoms with van der Waals surface area (Å²) >= 11 is 16.6. The van der Waals surface area contributed by atoms with Gasteiger partial charge in [0, 0.05) is 60.3 Å². The van der Waals surface area contributed by atoms with Crippen LogP contribution in [0.4, 0.5) is 17.1 Å². The molecule has 0 N–H and O–H groups in total. The Labute approximate surface area is 394 Å². The van der Waals surface area contributed by atoms with Gasteiger partial charge in [-0.25, -0.2) is 19.3 Å². The van der Waals surface area contributed by atoms with E-state index in [0.717, 1.165) is 18.5 Å². The summed E-state index contributed by atoms with van der Waals surface area (Å²) in [5.41, 5.74) is 3.14. The van der Waals surface area contributed by atoms with Crippen LogP contribution in [0, 0.1) is 13.1 Å². The number of morpholine rings is 1. The van der Waals surface area contributed by atoms with Crippen LogP contribution >= 0.6 is 68.4 Å². The van der Waals surface area contributed by atoms with Crippen molar-refractivity contribution < 1.29 is 33.4 Å². The molecular weight excluding hydrogens is 1060 g/mol. The first-order valence-corrected chi connectivity index (χ1v) is 22.5. The molecule has 0 radical (unpaired) electrons. The van der Waals surface area contributed by atoms with Crippen molar-refractivity contribution in [1.29, 1.82) is 0 Å². The Morgan fingerprint density at radius 2 is 1.24 bits per heavy atom. The van der Waals surface area contributed by atoms with Crippen molar-refractivity contribution in [2.75, 3.05) is 68.4 Å². The smallest absolute Gasteiger partial charge is 0.358 e. The van der Waals surface area contributed by atoms with Crippen LogP contribution in [-0.4, -0.2) is 103 Å². The molecular formula is C44H39Cl2I2N7O7. The summed E-state index contributed by atoms with van der Waals surface area (Å²) in [6, 6.07) is 29.7. The van der Waals surface area contributed by atoms with E-state index in [1.54, 1.807) is 51.2 Å².